The molecular formula is C6H7ClN2S. The van der Waals surface area contributed by atoms with Gasteiger partial charge in [0, 0.05) is 31.2 Å². The second kappa shape index (κ2) is 3.03. The molecule has 2 nitrogen and oxygen atoms in total. The Balaban J connectivity index is 3.16. The van der Waals surface area contributed by atoms with Gasteiger partial charge in [-0.25, -0.2) is 0 Å². The highest BCUT2D eigenvalue weighted by Crippen LogP contribution is 2.13. The summed E-state index contributed by atoms with van der Waals surface area (Å²) in [6.07, 6.45) is 3.53. The van der Waals surface area contributed by atoms with Gasteiger partial charge in [0.15, 0.2) is 0 Å². The van der Waals surface area contributed by atoms with Gasteiger partial charge in [0.2, 0.25) is 0 Å². The standard InChI is InChI=1S/C6H7ClN2S/c1-9(7)5-4-8-3-2-6(5)10/h2-4H,1H3,(H,8,10). The summed E-state index contributed by atoms with van der Waals surface area (Å²) in [4.78, 5) is 2.89. The Morgan fingerprint density at radius 2 is 2.40 bits per heavy atom. The Hall–Kier alpha value is -0.540. The van der Waals surface area contributed by atoms with Crippen molar-refractivity contribution in [3.8, 4) is 0 Å². The highest BCUT2D eigenvalue weighted by molar-refractivity contribution is 7.71. The lowest BCUT2D eigenvalue weighted by molar-refractivity contribution is 1.25. The maximum atomic E-state index is 5.66. The molecule has 0 unspecified atom stereocenters. The van der Waals surface area contributed by atoms with Crippen LogP contribution in [0.1, 0.15) is 0 Å². The second-order valence-electron chi connectivity index (χ2n) is 1.87. The van der Waals surface area contributed by atoms with Gasteiger partial charge in [-0.15, -0.1) is 0 Å². The van der Waals surface area contributed by atoms with Crippen LogP contribution in [0.5, 0.6) is 0 Å². The van der Waals surface area contributed by atoms with Crippen molar-refractivity contribution in [1.82, 2.24) is 4.98 Å². The lowest BCUT2D eigenvalue weighted by Crippen LogP contribution is -2.00. The van der Waals surface area contributed by atoms with E-state index in [0.717, 1.165) is 10.2 Å². The molecule has 1 aromatic rings. The topological polar surface area (TPSA) is 19.0 Å². The van der Waals surface area contributed by atoms with E-state index in [1.54, 1.807) is 25.5 Å². The first kappa shape index (κ1) is 7.57. The summed E-state index contributed by atoms with van der Waals surface area (Å²) in [6, 6.07) is 1.80. The van der Waals surface area contributed by atoms with Crippen molar-refractivity contribution in [3.05, 3.63) is 23.0 Å². The second-order valence-corrected chi connectivity index (χ2v) is 2.82. The number of nitrogens with one attached hydrogen (secondary N) is 1. The van der Waals surface area contributed by atoms with Gasteiger partial charge < -0.3 is 4.98 Å². The molecule has 1 aromatic heterocycles. The van der Waals surface area contributed by atoms with Gasteiger partial charge >= 0.3 is 0 Å². The fourth-order valence-electron chi connectivity index (χ4n) is 0.648. The fourth-order valence-corrected chi connectivity index (χ4v) is 1.10. The summed E-state index contributed by atoms with van der Waals surface area (Å²) in [5, 5.41) is 0. The van der Waals surface area contributed by atoms with E-state index >= 15 is 0 Å². The maximum absolute atomic E-state index is 5.66. The number of hydrogen-bond donors (Lipinski definition) is 1. The molecule has 0 aliphatic rings. The summed E-state index contributed by atoms with van der Waals surface area (Å²) >= 11 is 10.6. The molecular weight excluding hydrogens is 168 g/mol. The zero-order chi connectivity index (χ0) is 7.56. The normalized spacial score (nSPS) is 9.40. The molecule has 0 aliphatic carbocycles. The van der Waals surface area contributed by atoms with Crippen molar-refractivity contribution < 1.29 is 0 Å². The number of nitrogens with zero attached hydrogens (tertiary/aromatic N) is 1. The lowest BCUT2D eigenvalue weighted by atomic mass is 10.4. The molecule has 0 saturated heterocycles. The van der Waals surface area contributed by atoms with Crippen molar-refractivity contribution in [2.45, 2.75) is 0 Å². The SMILES string of the molecule is CN(Cl)c1c[nH]ccc1=S. The van der Waals surface area contributed by atoms with Crippen molar-refractivity contribution in [2.75, 3.05) is 11.5 Å². The van der Waals surface area contributed by atoms with Crippen molar-refractivity contribution in [2.24, 2.45) is 0 Å². The number of halogens is 1. The Morgan fingerprint density at radius 3 is 2.80 bits per heavy atom. The van der Waals surface area contributed by atoms with Crippen LogP contribution in [0.15, 0.2) is 18.5 Å². The summed E-state index contributed by atoms with van der Waals surface area (Å²) in [5.41, 5.74) is 0.819. The zero-order valence-electron chi connectivity index (χ0n) is 5.47. The Morgan fingerprint density at radius 1 is 1.70 bits per heavy atom. The van der Waals surface area contributed by atoms with Crippen molar-refractivity contribution in [1.29, 1.82) is 0 Å². The van der Waals surface area contributed by atoms with Crippen LogP contribution in [0.2, 0.25) is 0 Å². The summed E-state index contributed by atoms with van der Waals surface area (Å²) < 4.78 is 2.20. The molecule has 1 N–H and O–H groups in total. The van der Waals surface area contributed by atoms with E-state index in [-0.39, 0.29) is 0 Å². The van der Waals surface area contributed by atoms with Crippen LogP contribution in [-0.4, -0.2) is 12.0 Å². The third kappa shape index (κ3) is 1.49. The molecule has 0 amide bonds. The molecule has 0 radical (unpaired) electrons. The number of pyridine rings is 1. The van der Waals surface area contributed by atoms with Crippen molar-refractivity contribution in [3.63, 3.8) is 0 Å². The fraction of sp³-hybridized carbons (Fsp3) is 0.167. The molecule has 4 heteroatoms. The van der Waals surface area contributed by atoms with E-state index in [1.165, 1.54) is 4.42 Å². The van der Waals surface area contributed by atoms with Crippen LogP contribution in [0.4, 0.5) is 5.69 Å². The number of aromatic amines is 1. The average molecular weight is 175 g/mol. The number of rotatable bonds is 1. The zero-order valence-corrected chi connectivity index (χ0v) is 7.04. The summed E-state index contributed by atoms with van der Waals surface area (Å²) in [5.74, 6) is 0. The Kier molecular flexibility index (Phi) is 2.29. The molecule has 10 heavy (non-hydrogen) atoms. The van der Waals surface area contributed by atoms with Gasteiger partial charge in [-0.1, -0.05) is 12.2 Å². The molecule has 0 atom stereocenters. The van der Waals surface area contributed by atoms with Crippen LogP contribution in [0, 0.1) is 4.51 Å². The summed E-state index contributed by atoms with van der Waals surface area (Å²) in [6.45, 7) is 0. The molecule has 0 bridgehead atoms. The largest absolute Gasteiger partial charge is 0.366 e. The molecule has 0 saturated carbocycles. The highest BCUT2D eigenvalue weighted by Gasteiger charge is 1.95. The van der Waals surface area contributed by atoms with Crippen molar-refractivity contribution >= 4 is 29.7 Å². The molecule has 1 rings (SSSR count). The van der Waals surface area contributed by atoms with E-state index in [4.69, 9.17) is 24.0 Å². The van der Waals surface area contributed by atoms with Crippen LogP contribution in [-0.2, 0) is 0 Å². The van der Waals surface area contributed by atoms with E-state index in [9.17, 15) is 0 Å². The van der Waals surface area contributed by atoms with E-state index in [1.807, 2.05) is 0 Å². The molecule has 1 heterocycles. The Bertz CT molecular complexity index is 268. The minimum atomic E-state index is 0.747. The molecule has 0 spiro atoms. The number of anilines is 1. The third-order valence-electron chi connectivity index (χ3n) is 1.14. The van der Waals surface area contributed by atoms with Crippen LogP contribution in [0.25, 0.3) is 0 Å². The molecule has 0 aromatic carbocycles. The van der Waals surface area contributed by atoms with Crippen LogP contribution >= 0.6 is 24.0 Å². The van der Waals surface area contributed by atoms with Gasteiger partial charge in [-0.05, 0) is 6.07 Å². The number of aromatic nitrogens is 1. The van der Waals surface area contributed by atoms with E-state index in [2.05, 4.69) is 4.98 Å². The molecule has 0 aliphatic heterocycles. The molecule has 54 valence electrons. The predicted molar refractivity (Wildman–Crippen MR) is 45.9 cm³/mol. The minimum absolute atomic E-state index is 0.747. The lowest BCUT2D eigenvalue weighted by Gasteiger charge is -2.06. The Labute approximate surface area is 69.5 Å². The third-order valence-corrected chi connectivity index (χ3v) is 1.66. The quantitative estimate of drug-likeness (QED) is 0.521. The van der Waals surface area contributed by atoms with Crippen LogP contribution in [0.3, 0.4) is 0 Å². The highest BCUT2D eigenvalue weighted by atomic mass is 35.5. The first-order chi connectivity index (χ1) is 4.72. The first-order valence-corrected chi connectivity index (χ1v) is 3.53. The maximum Gasteiger partial charge on any atom is 0.0860 e. The van der Waals surface area contributed by atoms with Gasteiger partial charge in [-0.2, -0.15) is 0 Å². The molecule has 0 fully saturated rings. The first-order valence-electron chi connectivity index (χ1n) is 2.78. The smallest absolute Gasteiger partial charge is 0.0860 e. The summed E-state index contributed by atoms with van der Waals surface area (Å²) in [7, 11) is 1.74. The number of hydrogen-bond acceptors (Lipinski definition) is 2. The number of H-pyrrole nitrogens is 1. The monoisotopic (exact) mass is 174 g/mol. The van der Waals surface area contributed by atoms with Gasteiger partial charge in [-0.3, -0.25) is 4.42 Å². The predicted octanol–water partition coefficient (Wildman–Crippen LogP) is 2.33. The van der Waals surface area contributed by atoms with Gasteiger partial charge in [0.1, 0.15) is 0 Å². The van der Waals surface area contributed by atoms with Gasteiger partial charge in [0.25, 0.3) is 0 Å². The van der Waals surface area contributed by atoms with E-state index in [0.29, 0.717) is 0 Å². The van der Waals surface area contributed by atoms with Crippen LogP contribution < -0.4 is 4.42 Å². The van der Waals surface area contributed by atoms with Gasteiger partial charge in [0.05, 0.1) is 10.2 Å². The van der Waals surface area contributed by atoms with E-state index < -0.39 is 0 Å². The minimum Gasteiger partial charge on any atom is -0.366 e. The average Bonchev–Trinajstić information content (AvgIpc) is 1.88.